The monoisotopic (exact) mass is 510 g/mol. The molecule has 10 heteroatoms. The third kappa shape index (κ3) is 4.82. The van der Waals surface area contributed by atoms with Crippen molar-refractivity contribution >= 4 is 58.0 Å². The van der Waals surface area contributed by atoms with Crippen molar-refractivity contribution < 1.29 is 18.0 Å². The molecule has 0 saturated carbocycles. The minimum absolute atomic E-state index is 0.00100. The summed E-state index contributed by atoms with van der Waals surface area (Å²) in [6, 6.07) is 7.25. The first-order chi connectivity index (χ1) is 14.5. The molecule has 1 atom stereocenters. The number of rotatable bonds is 5. The highest BCUT2D eigenvalue weighted by Gasteiger charge is 2.58. The molecule has 1 unspecified atom stereocenters. The molecule has 1 aliphatic rings. The zero-order chi connectivity index (χ0) is 23.0. The van der Waals surface area contributed by atoms with Crippen LogP contribution >= 0.6 is 46.4 Å². The van der Waals surface area contributed by atoms with Gasteiger partial charge < -0.3 is 5.32 Å². The fourth-order valence-corrected chi connectivity index (χ4v) is 4.23. The van der Waals surface area contributed by atoms with Crippen molar-refractivity contribution in [3.8, 4) is 0 Å². The van der Waals surface area contributed by atoms with Crippen LogP contribution in [0.4, 0.5) is 13.2 Å². The van der Waals surface area contributed by atoms with Gasteiger partial charge in [0.05, 0.1) is 21.6 Å². The number of carbonyl (C=O) groups excluding carboxylic acids is 1. The molecule has 2 aromatic carbocycles. The lowest BCUT2D eigenvalue weighted by atomic mass is 9.76. The SMILES string of the molecule is CCC(=O)NCc1ccc(C2=NCC(c3cc(Cl)c(Cl)c(Cl)c3)(C(F)(F)F)C2)cc1Cl. The van der Waals surface area contributed by atoms with Crippen LogP contribution in [-0.4, -0.2) is 24.3 Å². The van der Waals surface area contributed by atoms with E-state index in [1.54, 1.807) is 25.1 Å². The third-order valence-electron chi connectivity index (χ3n) is 5.27. The lowest BCUT2D eigenvalue weighted by Gasteiger charge is -2.32. The summed E-state index contributed by atoms with van der Waals surface area (Å²) in [5.74, 6) is -0.129. The van der Waals surface area contributed by atoms with E-state index < -0.39 is 24.6 Å². The molecule has 0 aliphatic carbocycles. The van der Waals surface area contributed by atoms with Gasteiger partial charge in [0.15, 0.2) is 0 Å². The summed E-state index contributed by atoms with van der Waals surface area (Å²) in [6.07, 6.45) is -4.66. The summed E-state index contributed by atoms with van der Waals surface area (Å²) in [4.78, 5) is 15.6. The summed E-state index contributed by atoms with van der Waals surface area (Å²) in [6.45, 7) is 1.45. The van der Waals surface area contributed by atoms with E-state index in [0.29, 0.717) is 22.6 Å². The Labute approximate surface area is 197 Å². The van der Waals surface area contributed by atoms with E-state index in [4.69, 9.17) is 46.4 Å². The van der Waals surface area contributed by atoms with Crippen LogP contribution in [0.5, 0.6) is 0 Å². The molecule has 3 nitrogen and oxygen atoms in total. The van der Waals surface area contributed by atoms with Crippen molar-refractivity contribution in [3.05, 3.63) is 67.1 Å². The van der Waals surface area contributed by atoms with Crippen LogP contribution < -0.4 is 5.32 Å². The number of hydrogen-bond acceptors (Lipinski definition) is 2. The predicted octanol–water partition coefficient (Wildman–Crippen LogP) is 7.02. The molecule has 2 aromatic rings. The molecular formula is C21H17Cl4F3N2O. The molecular weight excluding hydrogens is 495 g/mol. The van der Waals surface area contributed by atoms with Gasteiger partial charge in [-0.1, -0.05) is 65.5 Å². The summed E-state index contributed by atoms with van der Waals surface area (Å²) < 4.78 is 42.7. The molecule has 0 radical (unpaired) electrons. The standard InChI is InChI=1S/C21H17Cl4F3N2O/c1-2-18(31)29-9-12-4-3-11(5-14(12)22)17-8-20(10-30-17,21(26,27)28)13-6-15(23)19(25)16(24)7-13/h3-7H,2,8-10H2,1H3,(H,29,31). The van der Waals surface area contributed by atoms with Crippen molar-refractivity contribution in [1.29, 1.82) is 0 Å². The van der Waals surface area contributed by atoms with Gasteiger partial charge in [-0.05, 0) is 34.9 Å². The highest BCUT2D eigenvalue weighted by Crippen LogP contribution is 2.49. The van der Waals surface area contributed by atoms with Gasteiger partial charge in [0, 0.05) is 30.1 Å². The van der Waals surface area contributed by atoms with Crippen LogP contribution in [0.1, 0.15) is 36.5 Å². The fraction of sp³-hybridized carbons (Fsp3) is 0.333. The molecule has 1 heterocycles. The number of aliphatic imine (C=N–C) groups is 1. The number of amides is 1. The average Bonchev–Trinajstić information content (AvgIpc) is 3.17. The second kappa shape index (κ2) is 9.18. The predicted molar refractivity (Wildman–Crippen MR) is 119 cm³/mol. The van der Waals surface area contributed by atoms with Gasteiger partial charge in [-0.2, -0.15) is 13.2 Å². The molecule has 0 aromatic heterocycles. The molecule has 31 heavy (non-hydrogen) atoms. The maximum Gasteiger partial charge on any atom is 0.400 e. The van der Waals surface area contributed by atoms with Gasteiger partial charge in [-0.25, -0.2) is 0 Å². The molecule has 1 aliphatic heterocycles. The molecule has 0 bridgehead atoms. The number of alkyl halides is 3. The minimum atomic E-state index is -4.60. The van der Waals surface area contributed by atoms with Crippen molar-refractivity contribution in [2.24, 2.45) is 4.99 Å². The topological polar surface area (TPSA) is 41.5 Å². The molecule has 1 amide bonds. The van der Waals surface area contributed by atoms with Gasteiger partial charge in [0.1, 0.15) is 5.41 Å². The number of halogens is 7. The Hall–Kier alpha value is -1.47. The van der Waals surface area contributed by atoms with Gasteiger partial charge in [-0.3, -0.25) is 9.79 Å². The van der Waals surface area contributed by atoms with Crippen molar-refractivity contribution in [1.82, 2.24) is 5.32 Å². The Morgan fingerprint density at radius 3 is 2.29 bits per heavy atom. The Kier molecular flexibility index (Phi) is 7.16. The van der Waals surface area contributed by atoms with E-state index >= 15 is 0 Å². The third-order valence-corrected chi connectivity index (χ3v) is 6.82. The molecule has 1 N–H and O–H groups in total. The second-order valence-corrected chi connectivity index (χ2v) is 8.81. The quantitative estimate of drug-likeness (QED) is 0.430. The smallest absolute Gasteiger partial charge is 0.352 e. The number of nitrogens with one attached hydrogen (secondary N) is 1. The minimum Gasteiger partial charge on any atom is -0.352 e. The Bertz CT molecular complexity index is 1030. The summed E-state index contributed by atoms with van der Waals surface area (Å²) in [5, 5.41) is 2.94. The number of benzene rings is 2. The summed E-state index contributed by atoms with van der Waals surface area (Å²) in [5.41, 5.74) is -0.966. The van der Waals surface area contributed by atoms with Crippen LogP contribution in [-0.2, 0) is 16.8 Å². The van der Waals surface area contributed by atoms with Gasteiger partial charge in [-0.15, -0.1) is 0 Å². The van der Waals surface area contributed by atoms with Crippen molar-refractivity contribution in [3.63, 3.8) is 0 Å². The lowest BCUT2D eigenvalue weighted by Crippen LogP contribution is -2.43. The maximum atomic E-state index is 14.2. The average molecular weight is 512 g/mol. The highest BCUT2D eigenvalue weighted by molar-refractivity contribution is 6.48. The van der Waals surface area contributed by atoms with Crippen LogP contribution in [0, 0.1) is 0 Å². The first-order valence-corrected chi connectivity index (χ1v) is 10.8. The molecule has 166 valence electrons. The van der Waals surface area contributed by atoms with Gasteiger partial charge >= 0.3 is 6.18 Å². The Morgan fingerprint density at radius 1 is 1.10 bits per heavy atom. The lowest BCUT2D eigenvalue weighted by molar-refractivity contribution is -0.183. The molecule has 0 saturated heterocycles. The number of carbonyl (C=O) groups is 1. The molecule has 0 spiro atoms. The van der Waals surface area contributed by atoms with E-state index in [2.05, 4.69) is 10.3 Å². The van der Waals surface area contributed by atoms with Crippen molar-refractivity contribution in [2.45, 2.75) is 37.9 Å². The van der Waals surface area contributed by atoms with Crippen LogP contribution in [0.3, 0.4) is 0 Å². The van der Waals surface area contributed by atoms with Crippen LogP contribution in [0.25, 0.3) is 0 Å². The van der Waals surface area contributed by atoms with Gasteiger partial charge in [0.25, 0.3) is 0 Å². The van der Waals surface area contributed by atoms with E-state index in [0.717, 1.165) is 0 Å². The maximum absolute atomic E-state index is 14.2. The second-order valence-electron chi connectivity index (χ2n) is 7.21. The van der Waals surface area contributed by atoms with Crippen molar-refractivity contribution in [2.75, 3.05) is 6.54 Å². The van der Waals surface area contributed by atoms with Crippen LogP contribution in [0.2, 0.25) is 20.1 Å². The Balaban J connectivity index is 1.91. The number of hydrogen-bond donors (Lipinski definition) is 1. The first kappa shape index (κ1) is 24.2. The van der Waals surface area contributed by atoms with E-state index in [9.17, 15) is 18.0 Å². The summed E-state index contributed by atoms with van der Waals surface area (Å²) in [7, 11) is 0. The normalized spacial score (nSPS) is 18.8. The number of nitrogens with zero attached hydrogens (tertiary/aromatic N) is 1. The van der Waals surface area contributed by atoms with E-state index in [1.165, 1.54) is 12.1 Å². The summed E-state index contributed by atoms with van der Waals surface area (Å²) >= 11 is 24.2. The molecule has 0 fully saturated rings. The molecule has 3 rings (SSSR count). The van der Waals surface area contributed by atoms with E-state index in [-0.39, 0.29) is 38.8 Å². The Morgan fingerprint density at radius 2 is 1.74 bits per heavy atom. The van der Waals surface area contributed by atoms with E-state index in [1.807, 2.05) is 0 Å². The van der Waals surface area contributed by atoms with Gasteiger partial charge in [0.2, 0.25) is 5.91 Å². The fourth-order valence-electron chi connectivity index (χ4n) is 3.39. The van der Waals surface area contributed by atoms with Crippen LogP contribution in [0.15, 0.2) is 35.3 Å². The zero-order valence-corrected chi connectivity index (χ0v) is 19.2. The largest absolute Gasteiger partial charge is 0.400 e. The first-order valence-electron chi connectivity index (χ1n) is 9.29. The zero-order valence-electron chi connectivity index (χ0n) is 16.2. The highest BCUT2D eigenvalue weighted by atomic mass is 35.5.